The highest BCUT2D eigenvalue weighted by atomic mass is 32.2. The fourth-order valence-corrected chi connectivity index (χ4v) is 3.74. The molecule has 0 saturated heterocycles. The molecule has 0 N–H and O–H groups in total. The van der Waals surface area contributed by atoms with Crippen molar-refractivity contribution in [2.75, 3.05) is 0 Å². The number of fused-ring (bicyclic) bond motifs is 1. The van der Waals surface area contributed by atoms with Crippen molar-refractivity contribution in [1.82, 2.24) is 0 Å². The van der Waals surface area contributed by atoms with E-state index in [2.05, 4.69) is 38.3 Å². The van der Waals surface area contributed by atoms with Crippen molar-refractivity contribution in [2.45, 2.75) is 16.7 Å². The lowest BCUT2D eigenvalue weighted by atomic mass is 10.2. The minimum atomic E-state index is 1.20. The Balaban J connectivity index is 2.51. The van der Waals surface area contributed by atoms with Gasteiger partial charge in [-0.15, -0.1) is 0 Å². The average molecular weight is 232 g/mol. The van der Waals surface area contributed by atoms with E-state index in [1.54, 1.807) is 23.5 Å². The second kappa shape index (κ2) is 4.33. The molecule has 1 heterocycles. The lowest BCUT2D eigenvalue weighted by Crippen LogP contribution is -1.91. The summed E-state index contributed by atoms with van der Waals surface area (Å²) >= 11 is 3.56. The third-order valence-electron chi connectivity index (χ3n) is 2.22. The molecule has 0 atom stereocenters. The summed E-state index contributed by atoms with van der Waals surface area (Å²) in [4.78, 5) is 5.08. The molecule has 0 spiro atoms. The van der Waals surface area contributed by atoms with E-state index in [9.17, 15) is 0 Å². The predicted octanol–water partition coefficient (Wildman–Crippen LogP) is 4.78. The van der Waals surface area contributed by atoms with E-state index in [4.69, 9.17) is 0 Å². The van der Waals surface area contributed by atoms with Crippen LogP contribution in [0, 0.1) is 6.92 Å². The van der Waals surface area contributed by atoms with Crippen molar-refractivity contribution in [3.63, 3.8) is 0 Å². The Bertz CT molecular complexity index is 456. The number of allylic oxidation sites excluding steroid dienone is 2. The van der Waals surface area contributed by atoms with Gasteiger partial charge in [-0.2, -0.15) is 0 Å². The number of hydrogen-bond donors (Lipinski definition) is 0. The topological polar surface area (TPSA) is 0 Å². The first-order valence-corrected chi connectivity index (χ1v) is 6.34. The van der Waals surface area contributed by atoms with Gasteiger partial charge < -0.3 is 0 Å². The molecular weight excluding hydrogens is 220 g/mol. The maximum absolute atomic E-state index is 3.85. The summed E-state index contributed by atoms with van der Waals surface area (Å²) in [6, 6.07) is 6.40. The van der Waals surface area contributed by atoms with Gasteiger partial charge in [0.2, 0.25) is 0 Å². The Labute approximate surface area is 99.2 Å². The monoisotopic (exact) mass is 232 g/mol. The number of benzene rings is 1. The molecule has 0 radical (unpaired) electrons. The summed E-state index contributed by atoms with van der Waals surface area (Å²) in [5.41, 5.74) is 1.33. The van der Waals surface area contributed by atoms with E-state index >= 15 is 0 Å². The highest BCUT2D eigenvalue weighted by molar-refractivity contribution is 8.09. The summed E-state index contributed by atoms with van der Waals surface area (Å²) in [5.74, 6) is 0. The maximum atomic E-state index is 3.85. The van der Waals surface area contributed by atoms with Gasteiger partial charge in [0.1, 0.15) is 0 Å². The molecule has 1 aromatic carbocycles. The molecule has 0 aliphatic carbocycles. The zero-order chi connectivity index (χ0) is 10.8. The van der Waals surface area contributed by atoms with Gasteiger partial charge >= 0.3 is 0 Å². The summed E-state index contributed by atoms with van der Waals surface area (Å²) in [6.07, 6.45) is 3.81. The molecule has 2 heteroatoms. The van der Waals surface area contributed by atoms with E-state index < -0.39 is 0 Å². The molecule has 0 fully saturated rings. The molecule has 0 amide bonds. The van der Waals surface area contributed by atoms with Gasteiger partial charge in [0.05, 0.1) is 0 Å². The van der Waals surface area contributed by atoms with Crippen LogP contribution in [0.3, 0.4) is 0 Å². The Kier molecular flexibility index (Phi) is 3.08. The zero-order valence-electron chi connectivity index (χ0n) is 8.62. The van der Waals surface area contributed by atoms with Gasteiger partial charge in [-0.25, -0.2) is 0 Å². The molecule has 1 aliphatic heterocycles. The van der Waals surface area contributed by atoms with Gasteiger partial charge in [-0.1, -0.05) is 61.0 Å². The summed E-state index contributed by atoms with van der Waals surface area (Å²) in [6.45, 7) is 9.83. The number of thioether (sulfide) groups is 2. The van der Waals surface area contributed by atoms with Crippen LogP contribution in [0.4, 0.5) is 0 Å². The molecule has 2 rings (SSSR count). The normalized spacial score (nSPS) is 14.7. The molecular formula is C13H12S2. The summed E-state index contributed by atoms with van der Waals surface area (Å²) in [7, 11) is 0. The molecule has 0 bridgehead atoms. The molecule has 0 saturated carbocycles. The quantitative estimate of drug-likeness (QED) is 0.720. The Morgan fingerprint density at radius 2 is 1.73 bits per heavy atom. The van der Waals surface area contributed by atoms with Crippen molar-refractivity contribution in [3.05, 3.63) is 58.9 Å². The first-order chi connectivity index (χ1) is 7.26. The number of aryl methyl sites for hydroxylation is 1. The minimum Gasteiger partial charge on any atom is -0.0979 e. The molecule has 15 heavy (non-hydrogen) atoms. The average Bonchev–Trinajstić information content (AvgIpc) is 2.28. The van der Waals surface area contributed by atoms with Gasteiger partial charge in [-0.3, -0.25) is 0 Å². The van der Waals surface area contributed by atoms with Crippen molar-refractivity contribution in [3.8, 4) is 0 Å². The lowest BCUT2D eigenvalue weighted by molar-refractivity contribution is 1.17. The van der Waals surface area contributed by atoms with E-state index in [1.807, 2.05) is 12.2 Å². The first kappa shape index (κ1) is 10.7. The summed E-state index contributed by atoms with van der Waals surface area (Å²) in [5, 5.41) is 0. The molecule has 0 unspecified atom stereocenters. The van der Waals surface area contributed by atoms with Gasteiger partial charge in [0.25, 0.3) is 0 Å². The largest absolute Gasteiger partial charge is 0.0979 e. The van der Waals surface area contributed by atoms with Crippen molar-refractivity contribution in [2.24, 2.45) is 0 Å². The van der Waals surface area contributed by atoms with E-state index in [-0.39, 0.29) is 0 Å². The van der Waals surface area contributed by atoms with Crippen molar-refractivity contribution >= 4 is 23.5 Å². The lowest BCUT2D eigenvalue weighted by Gasteiger charge is -2.19. The first-order valence-electron chi connectivity index (χ1n) is 4.70. The van der Waals surface area contributed by atoms with Crippen LogP contribution in [0.25, 0.3) is 0 Å². The Morgan fingerprint density at radius 3 is 2.40 bits per heavy atom. The van der Waals surface area contributed by atoms with Gasteiger partial charge in [0.15, 0.2) is 0 Å². The Hall–Kier alpha value is -0.860. The molecule has 1 aromatic rings. The fraction of sp³-hybridized carbons (Fsp3) is 0.0769. The van der Waals surface area contributed by atoms with Crippen LogP contribution in [0.15, 0.2) is 63.1 Å². The van der Waals surface area contributed by atoms with Gasteiger partial charge in [-0.05, 0) is 18.6 Å². The third kappa shape index (κ3) is 1.92. The smallest absolute Gasteiger partial charge is 0.0291 e. The van der Waals surface area contributed by atoms with Crippen LogP contribution in [-0.4, -0.2) is 0 Å². The molecule has 76 valence electrons. The second-order valence-corrected chi connectivity index (χ2v) is 5.38. The highest BCUT2D eigenvalue weighted by Crippen LogP contribution is 2.48. The van der Waals surface area contributed by atoms with E-state index in [1.165, 1.54) is 25.2 Å². The van der Waals surface area contributed by atoms with Crippen LogP contribution in [-0.2, 0) is 0 Å². The standard InChI is InChI=1S/C13H12S2/c1-4-10-11(5-2)15-13-9(3)7-6-8-12(13)14-10/h4-8H,1-2H2,3H3. The number of hydrogen-bond acceptors (Lipinski definition) is 2. The van der Waals surface area contributed by atoms with Crippen LogP contribution < -0.4 is 0 Å². The van der Waals surface area contributed by atoms with Crippen LogP contribution in [0.1, 0.15) is 5.56 Å². The molecule has 1 aliphatic rings. The zero-order valence-corrected chi connectivity index (χ0v) is 10.3. The Morgan fingerprint density at radius 1 is 1.07 bits per heavy atom. The minimum absolute atomic E-state index is 1.20. The molecule has 0 aromatic heterocycles. The fourth-order valence-electron chi connectivity index (χ4n) is 1.45. The van der Waals surface area contributed by atoms with E-state index in [0.717, 1.165) is 0 Å². The molecule has 0 nitrogen and oxygen atoms in total. The third-order valence-corrected chi connectivity index (χ3v) is 5.00. The van der Waals surface area contributed by atoms with E-state index in [0.29, 0.717) is 0 Å². The van der Waals surface area contributed by atoms with Gasteiger partial charge in [0, 0.05) is 19.6 Å². The number of rotatable bonds is 2. The second-order valence-electron chi connectivity index (χ2n) is 3.24. The summed E-state index contributed by atoms with van der Waals surface area (Å²) < 4.78 is 0. The SMILES string of the molecule is C=CC1=C(C=C)Sc2c(C)cccc2S1. The highest BCUT2D eigenvalue weighted by Gasteiger charge is 2.17. The maximum Gasteiger partial charge on any atom is 0.0291 e. The predicted molar refractivity (Wildman–Crippen MR) is 70.3 cm³/mol. The van der Waals surface area contributed by atoms with Crippen molar-refractivity contribution < 1.29 is 0 Å². The van der Waals surface area contributed by atoms with Crippen LogP contribution >= 0.6 is 23.5 Å². The van der Waals surface area contributed by atoms with Crippen LogP contribution in [0.5, 0.6) is 0 Å². The van der Waals surface area contributed by atoms with Crippen molar-refractivity contribution in [1.29, 1.82) is 0 Å². The van der Waals surface area contributed by atoms with Crippen LogP contribution in [0.2, 0.25) is 0 Å².